The molecular formula is C8H6N4O. The van der Waals surface area contributed by atoms with E-state index in [-0.39, 0.29) is 0 Å². The molecule has 2 heterocycles. The molecule has 0 bridgehead atoms. The molecule has 0 N–H and O–H groups in total. The number of nitrogens with zero attached hydrogens (tertiary/aromatic N) is 4. The van der Waals surface area contributed by atoms with Gasteiger partial charge in [-0.15, -0.1) is 10.2 Å². The van der Waals surface area contributed by atoms with E-state index in [1.807, 2.05) is 0 Å². The van der Waals surface area contributed by atoms with Crippen molar-refractivity contribution in [3.8, 4) is 11.5 Å². The first kappa shape index (κ1) is 7.60. The minimum Gasteiger partial charge on any atom is -0.452 e. The highest BCUT2D eigenvalue weighted by Crippen LogP contribution is 2.16. The van der Waals surface area contributed by atoms with Gasteiger partial charge >= 0.3 is 0 Å². The predicted molar refractivity (Wildman–Crippen MR) is 44.1 cm³/mol. The highest BCUT2D eigenvalue weighted by atomic mass is 16.5. The summed E-state index contributed by atoms with van der Waals surface area (Å²) in [7, 11) is 0. The van der Waals surface area contributed by atoms with Crippen LogP contribution >= 0.6 is 0 Å². The van der Waals surface area contributed by atoms with Crippen LogP contribution in [0.4, 0.5) is 0 Å². The van der Waals surface area contributed by atoms with Crippen molar-refractivity contribution in [1.82, 2.24) is 20.4 Å². The Kier molecular flexibility index (Phi) is 2.09. The lowest BCUT2D eigenvalue weighted by Gasteiger charge is -2.01. The van der Waals surface area contributed by atoms with Crippen molar-refractivity contribution in [3.63, 3.8) is 0 Å². The second-order valence-corrected chi connectivity index (χ2v) is 2.27. The average molecular weight is 174 g/mol. The van der Waals surface area contributed by atoms with E-state index in [4.69, 9.17) is 4.74 Å². The molecule has 0 aliphatic rings. The molecule has 0 atom stereocenters. The second kappa shape index (κ2) is 3.57. The summed E-state index contributed by atoms with van der Waals surface area (Å²) in [6, 6.07) is 3.59. The van der Waals surface area contributed by atoms with Crippen LogP contribution in [0, 0.1) is 0 Å². The molecule has 2 aromatic rings. The molecule has 2 rings (SSSR count). The molecule has 0 radical (unpaired) electrons. The van der Waals surface area contributed by atoms with Crippen LogP contribution in [-0.4, -0.2) is 20.4 Å². The zero-order valence-corrected chi connectivity index (χ0v) is 6.66. The molecule has 5 heteroatoms. The molecule has 5 nitrogen and oxygen atoms in total. The van der Waals surface area contributed by atoms with Gasteiger partial charge in [-0.3, -0.25) is 4.98 Å². The fourth-order valence-corrected chi connectivity index (χ4v) is 0.825. The molecule has 0 saturated heterocycles. The van der Waals surface area contributed by atoms with E-state index in [1.54, 1.807) is 24.5 Å². The topological polar surface area (TPSA) is 60.8 Å². The van der Waals surface area contributed by atoms with E-state index < -0.39 is 0 Å². The lowest BCUT2D eigenvalue weighted by molar-refractivity contribution is 0.471. The number of pyridine rings is 1. The van der Waals surface area contributed by atoms with Crippen molar-refractivity contribution >= 4 is 0 Å². The standard InChI is InChI=1S/C8H6N4O/c1-2-7(4-9-3-1)13-8-5-10-12-11-6-8/h1-6H. The lowest BCUT2D eigenvalue weighted by atomic mass is 10.4. The number of rotatable bonds is 2. The van der Waals surface area contributed by atoms with Gasteiger partial charge in [0.1, 0.15) is 5.75 Å². The van der Waals surface area contributed by atoms with Crippen molar-refractivity contribution in [2.24, 2.45) is 0 Å². The van der Waals surface area contributed by atoms with Gasteiger partial charge in [-0.05, 0) is 17.3 Å². The van der Waals surface area contributed by atoms with Crippen molar-refractivity contribution < 1.29 is 4.74 Å². The van der Waals surface area contributed by atoms with Crippen LogP contribution in [0.25, 0.3) is 0 Å². The van der Waals surface area contributed by atoms with Gasteiger partial charge in [0.2, 0.25) is 0 Å². The maximum absolute atomic E-state index is 5.35. The normalized spacial score (nSPS) is 9.54. The summed E-state index contributed by atoms with van der Waals surface area (Å²) in [5.74, 6) is 1.19. The molecule has 0 fully saturated rings. The Morgan fingerprint density at radius 2 is 1.85 bits per heavy atom. The van der Waals surface area contributed by atoms with Gasteiger partial charge in [-0.1, -0.05) is 0 Å². The third kappa shape index (κ3) is 1.96. The second-order valence-electron chi connectivity index (χ2n) is 2.27. The third-order valence-corrected chi connectivity index (χ3v) is 1.34. The van der Waals surface area contributed by atoms with E-state index in [0.717, 1.165) is 0 Å². The van der Waals surface area contributed by atoms with E-state index in [1.165, 1.54) is 12.4 Å². The fraction of sp³-hybridized carbons (Fsp3) is 0. The maximum atomic E-state index is 5.35. The summed E-state index contributed by atoms with van der Waals surface area (Å²) in [4.78, 5) is 3.90. The SMILES string of the molecule is c1cncc(Oc2cnnnc2)c1. The maximum Gasteiger partial charge on any atom is 0.167 e. The Bertz CT molecular complexity index is 327. The van der Waals surface area contributed by atoms with Crippen LogP contribution < -0.4 is 4.74 Å². The smallest absolute Gasteiger partial charge is 0.167 e. The first-order valence-electron chi connectivity index (χ1n) is 3.66. The van der Waals surface area contributed by atoms with Crippen molar-refractivity contribution in [1.29, 1.82) is 0 Å². The molecule has 0 aromatic carbocycles. The predicted octanol–water partition coefficient (Wildman–Crippen LogP) is 1.06. The Balaban J connectivity index is 2.16. The summed E-state index contributed by atoms with van der Waals surface area (Å²) in [6.45, 7) is 0. The van der Waals surface area contributed by atoms with Crippen LogP contribution in [0.3, 0.4) is 0 Å². The van der Waals surface area contributed by atoms with E-state index >= 15 is 0 Å². The first-order valence-corrected chi connectivity index (χ1v) is 3.66. The van der Waals surface area contributed by atoms with Gasteiger partial charge in [0.25, 0.3) is 0 Å². The van der Waals surface area contributed by atoms with Crippen LogP contribution in [0.5, 0.6) is 11.5 Å². The summed E-state index contributed by atoms with van der Waals surface area (Å²) >= 11 is 0. The molecule has 0 aliphatic heterocycles. The molecule has 0 amide bonds. The van der Waals surface area contributed by atoms with Crippen molar-refractivity contribution in [2.75, 3.05) is 0 Å². The molecule has 0 aliphatic carbocycles. The van der Waals surface area contributed by atoms with Gasteiger partial charge in [0.15, 0.2) is 5.75 Å². The average Bonchev–Trinajstić information content (AvgIpc) is 2.21. The molecular weight excluding hydrogens is 168 g/mol. The monoisotopic (exact) mass is 174 g/mol. The first-order chi connectivity index (χ1) is 6.45. The fourth-order valence-electron chi connectivity index (χ4n) is 0.825. The lowest BCUT2D eigenvalue weighted by Crippen LogP contribution is -1.89. The van der Waals surface area contributed by atoms with Crippen molar-refractivity contribution in [3.05, 3.63) is 36.9 Å². The summed E-state index contributed by atoms with van der Waals surface area (Å²) in [5.41, 5.74) is 0. The van der Waals surface area contributed by atoms with Gasteiger partial charge in [0.05, 0.1) is 18.6 Å². The van der Waals surface area contributed by atoms with Gasteiger partial charge in [0, 0.05) is 6.20 Å². The molecule has 13 heavy (non-hydrogen) atoms. The summed E-state index contributed by atoms with van der Waals surface area (Å²) in [5, 5.41) is 10.5. The summed E-state index contributed by atoms with van der Waals surface area (Å²) < 4.78 is 5.35. The summed E-state index contributed by atoms with van der Waals surface area (Å²) in [6.07, 6.45) is 6.26. The molecule has 0 unspecified atom stereocenters. The van der Waals surface area contributed by atoms with Crippen molar-refractivity contribution in [2.45, 2.75) is 0 Å². The minimum absolute atomic E-state index is 0.544. The number of hydrogen-bond acceptors (Lipinski definition) is 5. The van der Waals surface area contributed by atoms with Crippen LogP contribution in [0.1, 0.15) is 0 Å². The number of hydrogen-bond donors (Lipinski definition) is 0. The quantitative estimate of drug-likeness (QED) is 0.681. The number of aromatic nitrogens is 4. The Labute approximate surface area is 74.4 Å². The highest BCUT2D eigenvalue weighted by Gasteiger charge is 1.95. The Hall–Kier alpha value is -2.04. The van der Waals surface area contributed by atoms with Crippen LogP contribution in [-0.2, 0) is 0 Å². The zero-order valence-electron chi connectivity index (χ0n) is 6.66. The van der Waals surface area contributed by atoms with E-state index in [9.17, 15) is 0 Å². The molecule has 64 valence electrons. The van der Waals surface area contributed by atoms with Crippen LogP contribution in [0.2, 0.25) is 0 Å². The zero-order chi connectivity index (χ0) is 8.93. The van der Waals surface area contributed by atoms with Gasteiger partial charge in [-0.2, -0.15) is 0 Å². The Morgan fingerprint density at radius 3 is 2.54 bits per heavy atom. The third-order valence-electron chi connectivity index (χ3n) is 1.34. The molecule has 0 saturated carbocycles. The molecule has 0 spiro atoms. The van der Waals surface area contributed by atoms with Crippen LogP contribution in [0.15, 0.2) is 36.9 Å². The number of ether oxygens (including phenoxy) is 1. The van der Waals surface area contributed by atoms with E-state index in [2.05, 4.69) is 20.4 Å². The minimum atomic E-state index is 0.544. The molecule has 2 aromatic heterocycles. The Morgan fingerprint density at radius 1 is 1.00 bits per heavy atom. The van der Waals surface area contributed by atoms with E-state index in [0.29, 0.717) is 11.5 Å². The van der Waals surface area contributed by atoms with Gasteiger partial charge < -0.3 is 4.74 Å². The largest absolute Gasteiger partial charge is 0.452 e. The highest BCUT2D eigenvalue weighted by molar-refractivity contribution is 5.23. The van der Waals surface area contributed by atoms with Gasteiger partial charge in [-0.25, -0.2) is 0 Å².